The van der Waals surface area contributed by atoms with Crippen LogP contribution in [0.15, 0.2) is 24.4 Å². The van der Waals surface area contributed by atoms with Gasteiger partial charge in [0.15, 0.2) is 0 Å². The lowest BCUT2D eigenvalue weighted by molar-refractivity contribution is 0.968. The van der Waals surface area contributed by atoms with Crippen molar-refractivity contribution in [3.8, 4) is 0 Å². The topological polar surface area (TPSA) is 30.9 Å². The van der Waals surface area contributed by atoms with Gasteiger partial charge in [-0.3, -0.25) is 0 Å². The highest BCUT2D eigenvalue weighted by Crippen LogP contribution is 2.21. The highest BCUT2D eigenvalue weighted by molar-refractivity contribution is 5.84. The minimum absolute atomic E-state index is 0.869. The van der Waals surface area contributed by atoms with Crippen molar-refractivity contribution in [1.82, 2.24) is 4.57 Å². The number of anilines is 1. The number of hydrogen-bond acceptors (Lipinski definition) is 1. The van der Waals surface area contributed by atoms with Gasteiger partial charge in [0.2, 0.25) is 0 Å². The lowest BCUT2D eigenvalue weighted by atomic mass is 10.1. The smallest absolute Gasteiger partial charge is 0.0481 e. The molecule has 2 N–H and O–H groups in total. The molecule has 2 aromatic rings. The van der Waals surface area contributed by atoms with Gasteiger partial charge in [0.05, 0.1) is 0 Å². The van der Waals surface area contributed by atoms with Crippen molar-refractivity contribution in [2.75, 3.05) is 5.73 Å². The van der Waals surface area contributed by atoms with Gasteiger partial charge in [0.25, 0.3) is 0 Å². The summed E-state index contributed by atoms with van der Waals surface area (Å²) < 4.78 is 2.10. The lowest BCUT2D eigenvalue weighted by Crippen LogP contribution is -1.90. The first-order valence-electron chi connectivity index (χ1n) is 3.99. The maximum Gasteiger partial charge on any atom is 0.0481 e. The number of nitrogen functional groups attached to an aromatic ring is 1. The van der Waals surface area contributed by atoms with Gasteiger partial charge in [-0.25, -0.2) is 0 Å². The highest BCUT2D eigenvalue weighted by Gasteiger charge is 2.00. The Morgan fingerprint density at radius 2 is 2.08 bits per heavy atom. The summed E-state index contributed by atoms with van der Waals surface area (Å²) in [4.78, 5) is 0. The zero-order valence-electron chi connectivity index (χ0n) is 7.33. The molecule has 0 atom stereocenters. The van der Waals surface area contributed by atoms with Crippen molar-refractivity contribution >= 4 is 16.6 Å². The maximum atomic E-state index is 5.79. The molecule has 12 heavy (non-hydrogen) atoms. The first-order valence-corrected chi connectivity index (χ1v) is 3.99. The van der Waals surface area contributed by atoms with E-state index in [-0.39, 0.29) is 0 Å². The second kappa shape index (κ2) is 2.27. The van der Waals surface area contributed by atoms with Crippen molar-refractivity contribution < 1.29 is 0 Å². The zero-order valence-corrected chi connectivity index (χ0v) is 7.33. The first kappa shape index (κ1) is 7.22. The Kier molecular flexibility index (Phi) is 1.37. The Hall–Kier alpha value is -1.44. The monoisotopic (exact) mass is 160 g/mol. The van der Waals surface area contributed by atoms with E-state index in [1.165, 1.54) is 10.9 Å². The normalized spacial score (nSPS) is 10.8. The second-order valence-electron chi connectivity index (χ2n) is 3.19. The van der Waals surface area contributed by atoms with E-state index in [0.717, 1.165) is 11.3 Å². The molecule has 0 saturated carbocycles. The molecule has 2 heteroatoms. The quantitative estimate of drug-likeness (QED) is 0.587. The standard InChI is InChI=1S/C10H12N2/c1-7-5-10-8(6-9(7)11)3-4-12(10)2/h3-6H,11H2,1-2H3. The number of nitrogens with zero attached hydrogens (tertiary/aromatic N) is 1. The zero-order chi connectivity index (χ0) is 8.72. The number of benzene rings is 1. The maximum absolute atomic E-state index is 5.79. The minimum atomic E-state index is 0.869. The van der Waals surface area contributed by atoms with Gasteiger partial charge in [0.1, 0.15) is 0 Å². The van der Waals surface area contributed by atoms with Gasteiger partial charge < -0.3 is 10.3 Å². The van der Waals surface area contributed by atoms with Crippen LogP contribution in [-0.4, -0.2) is 4.57 Å². The minimum Gasteiger partial charge on any atom is -0.398 e. The molecule has 2 rings (SSSR count). The number of aryl methyl sites for hydroxylation is 2. The Balaban J connectivity index is 2.87. The fourth-order valence-electron chi connectivity index (χ4n) is 1.44. The molecular weight excluding hydrogens is 148 g/mol. The number of aromatic nitrogens is 1. The van der Waals surface area contributed by atoms with Gasteiger partial charge in [-0.2, -0.15) is 0 Å². The summed E-state index contributed by atoms with van der Waals surface area (Å²) in [6, 6.07) is 6.21. The van der Waals surface area contributed by atoms with Crippen LogP contribution in [-0.2, 0) is 7.05 Å². The van der Waals surface area contributed by atoms with E-state index < -0.39 is 0 Å². The average Bonchev–Trinajstić information content (AvgIpc) is 2.35. The second-order valence-corrected chi connectivity index (χ2v) is 3.19. The van der Waals surface area contributed by atoms with Crippen LogP contribution in [0.4, 0.5) is 5.69 Å². The van der Waals surface area contributed by atoms with Crippen LogP contribution in [0.3, 0.4) is 0 Å². The summed E-state index contributed by atoms with van der Waals surface area (Å²) in [6.45, 7) is 2.03. The third kappa shape index (κ3) is 0.881. The van der Waals surface area contributed by atoms with Crippen LogP contribution >= 0.6 is 0 Å². The Labute approximate surface area is 71.6 Å². The van der Waals surface area contributed by atoms with Crippen LogP contribution in [0.25, 0.3) is 10.9 Å². The molecule has 0 fully saturated rings. The van der Waals surface area contributed by atoms with E-state index in [1.54, 1.807) is 0 Å². The van der Waals surface area contributed by atoms with E-state index in [0.29, 0.717) is 0 Å². The molecule has 1 aromatic carbocycles. The number of hydrogen-bond donors (Lipinski definition) is 1. The molecule has 1 heterocycles. The SMILES string of the molecule is Cc1cc2c(ccn2C)cc1N. The van der Waals surface area contributed by atoms with Crippen molar-refractivity contribution in [3.05, 3.63) is 30.0 Å². The number of rotatable bonds is 0. The fraction of sp³-hybridized carbons (Fsp3) is 0.200. The number of nitrogens with two attached hydrogens (primary N) is 1. The van der Waals surface area contributed by atoms with Crippen LogP contribution in [0, 0.1) is 6.92 Å². The first-order chi connectivity index (χ1) is 5.68. The molecule has 0 aliphatic carbocycles. The van der Waals surface area contributed by atoms with Crippen LogP contribution in [0.2, 0.25) is 0 Å². The van der Waals surface area contributed by atoms with Crippen LogP contribution < -0.4 is 5.73 Å². The van der Waals surface area contributed by atoms with Gasteiger partial charge in [-0.15, -0.1) is 0 Å². The number of fused-ring (bicyclic) bond motifs is 1. The lowest BCUT2D eigenvalue weighted by Gasteiger charge is -2.01. The summed E-state index contributed by atoms with van der Waals surface area (Å²) in [5, 5.41) is 1.21. The summed E-state index contributed by atoms with van der Waals surface area (Å²) in [5.41, 5.74) is 9.04. The molecule has 2 nitrogen and oxygen atoms in total. The largest absolute Gasteiger partial charge is 0.398 e. The van der Waals surface area contributed by atoms with E-state index in [2.05, 4.69) is 16.7 Å². The molecule has 0 aliphatic heterocycles. The van der Waals surface area contributed by atoms with Crippen molar-refractivity contribution in [2.45, 2.75) is 6.92 Å². The van der Waals surface area contributed by atoms with Crippen molar-refractivity contribution in [2.24, 2.45) is 7.05 Å². The fourth-order valence-corrected chi connectivity index (χ4v) is 1.44. The molecule has 0 unspecified atom stereocenters. The predicted octanol–water partition coefficient (Wildman–Crippen LogP) is 2.07. The van der Waals surface area contributed by atoms with Crippen LogP contribution in [0.1, 0.15) is 5.56 Å². The molecule has 0 saturated heterocycles. The van der Waals surface area contributed by atoms with E-state index >= 15 is 0 Å². The van der Waals surface area contributed by atoms with E-state index in [9.17, 15) is 0 Å². The summed E-state index contributed by atoms with van der Waals surface area (Å²) >= 11 is 0. The third-order valence-corrected chi connectivity index (χ3v) is 2.27. The van der Waals surface area contributed by atoms with Gasteiger partial charge in [-0.1, -0.05) is 0 Å². The summed E-state index contributed by atoms with van der Waals surface area (Å²) in [6.07, 6.45) is 2.05. The molecule has 0 spiro atoms. The predicted molar refractivity (Wildman–Crippen MR) is 52.1 cm³/mol. The van der Waals surface area contributed by atoms with E-state index in [1.807, 2.05) is 26.2 Å². The Morgan fingerprint density at radius 3 is 2.83 bits per heavy atom. The highest BCUT2D eigenvalue weighted by atomic mass is 14.9. The molecule has 1 aromatic heterocycles. The van der Waals surface area contributed by atoms with Crippen LogP contribution in [0.5, 0.6) is 0 Å². The van der Waals surface area contributed by atoms with Gasteiger partial charge in [0, 0.05) is 29.8 Å². The molecular formula is C10H12N2. The van der Waals surface area contributed by atoms with Crippen molar-refractivity contribution in [1.29, 1.82) is 0 Å². The summed E-state index contributed by atoms with van der Waals surface area (Å²) in [5.74, 6) is 0. The van der Waals surface area contributed by atoms with E-state index in [4.69, 9.17) is 5.73 Å². The Bertz CT molecular complexity index is 427. The molecule has 62 valence electrons. The van der Waals surface area contributed by atoms with Gasteiger partial charge >= 0.3 is 0 Å². The molecule has 0 bridgehead atoms. The summed E-state index contributed by atoms with van der Waals surface area (Å²) in [7, 11) is 2.04. The average molecular weight is 160 g/mol. The Morgan fingerprint density at radius 1 is 1.33 bits per heavy atom. The van der Waals surface area contributed by atoms with Gasteiger partial charge in [-0.05, 0) is 30.7 Å². The van der Waals surface area contributed by atoms with Crippen molar-refractivity contribution in [3.63, 3.8) is 0 Å². The molecule has 0 amide bonds. The molecule has 0 radical (unpaired) electrons. The molecule has 0 aliphatic rings. The third-order valence-electron chi connectivity index (χ3n) is 2.27.